The normalized spacial score (nSPS) is 20.6. The van der Waals surface area contributed by atoms with Gasteiger partial charge in [0.05, 0.1) is 23.2 Å². The zero-order valence-electron chi connectivity index (χ0n) is 17.5. The number of fused-ring (bicyclic) bond motifs is 1. The molecule has 1 fully saturated rings. The lowest BCUT2D eigenvalue weighted by molar-refractivity contribution is -0.173. The first-order valence-corrected chi connectivity index (χ1v) is 10.5. The van der Waals surface area contributed by atoms with Gasteiger partial charge in [-0.3, -0.25) is 19.2 Å². The Bertz CT molecular complexity index is 1150. The van der Waals surface area contributed by atoms with Crippen molar-refractivity contribution in [1.82, 2.24) is 19.7 Å². The Kier molecular flexibility index (Phi) is 5.07. The monoisotopic (exact) mass is 430 g/mol. The second kappa shape index (κ2) is 8.05. The minimum absolute atomic E-state index is 0.157. The van der Waals surface area contributed by atoms with Crippen molar-refractivity contribution in [1.29, 1.82) is 0 Å². The van der Waals surface area contributed by atoms with Crippen LogP contribution in [-0.4, -0.2) is 50.6 Å². The maximum atomic E-state index is 13.2. The molecule has 8 nitrogen and oxygen atoms in total. The molecule has 0 aliphatic carbocycles. The Morgan fingerprint density at radius 2 is 1.66 bits per heavy atom. The molecule has 1 aromatic heterocycles. The quantitative estimate of drug-likeness (QED) is 0.578. The maximum Gasteiger partial charge on any atom is 0.338 e. The summed E-state index contributed by atoms with van der Waals surface area (Å²) < 4.78 is 1.70. The first-order valence-electron chi connectivity index (χ1n) is 10.5. The van der Waals surface area contributed by atoms with Gasteiger partial charge in [-0.25, -0.2) is 4.79 Å². The van der Waals surface area contributed by atoms with E-state index in [-0.39, 0.29) is 17.0 Å². The Balaban J connectivity index is 1.36. The average Bonchev–Trinajstić information content (AvgIpc) is 3.48. The largest absolute Gasteiger partial charge is 0.338 e. The van der Waals surface area contributed by atoms with Gasteiger partial charge in [0.25, 0.3) is 11.8 Å². The summed E-state index contributed by atoms with van der Waals surface area (Å²) in [5.74, 6) is -2.52. The third kappa shape index (κ3) is 3.58. The molecule has 3 aromatic rings. The smallest absolute Gasteiger partial charge is 0.329 e. The first-order chi connectivity index (χ1) is 15.5. The molecule has 162 valence electrons. The molecule has 2 aromatic carbocycles. The van der Waals surface area contributed by atoms with E-state index in [4.69, 9.17) is 4.84 Å². The predicted molar refractivity (Wildman–Crippen MR) is 114 cm³/mol. The van der Waals surface area contributed by atoms with Gasteiger partial charge < -0.3 is 4.84 Å². The molecule has 0 radical (unpaired) electrons. The van der Waals surface area contributed by atoms with Crippen LogP contribution in [0.5, 0.6) is 0 Å². The van der Waals surface area contributed by atoms with E-state index in [0.717, 1.165) is 11.1 Å². The lowest BCUT2D eigenvalue weighted by Gasteiger charge is -2.19. The van der Waals surface area contributed by atoms with Gasteiger partial charge in [-0.2, -0.15) is 5.10 Å². The maximum absolute atomic E-state index is 13.2. The van der Waals surface area contributed by atoms with Crippen molar-refractivity contribution >= 4 is 17.8 Å². The number of carbonyl (C=O) groups is 3. The fourth-order valence-corrected chi connectivity index (χ4v) is 4.47. The van der Waals surface area contributed by atoms with Crippen molar-refractivity contribution in [3.8, 4) is 0 Å². The summed E-state index contributed by atoms with van der Waals surface area (Å²) >= 11 is 0. The number of hydroxylamine groups is 2. The number of amides is 2. The minimum Gasteiger partial charge on any atom is -0.329 e. The van der Waals surface area contributed by atoms with Gasteiger partial charge in [-0.05, 0) is 23.3 Å². The molecule has 32 heavy (non-hydrogen) atoms. The summed E-state index contributed by atoms with van der Waals surface area (Å²) in [6, 6.07) is 16.5. The van der Waals surface area contributed by atoms with Gasteiger partial charge in [0.15, 0.2) is 0 Å². The Morgan fingerprint density at radius 1 is 1.00 bits per heavy atom. The number of likely N-dealkylation sites (tertiary alicyclic amines) is 1. The van der Waals surface area contributed by atoms with Crippen LogP contribution in [0.15, 0.2) is 67.0 Å². The van der Waals surface area contributed by atoms with E-state index in [1.54, 1.807) is 35.1 Å². The predicted octanol–water partition coefficient (Wildman–Crippen LogP) is 2.39. The second-order valence-electron chi connectivity index (χ2n) is 8.20. The van der Waals surface area contributed by atoms with Gasteiger partial charge >= 0.3 is 5.97 Å². The van der Waals surface area contributed by atoms with Crippen LogP contribution in [0.2, 0.25) is 0 Å². The summed E-state index contributed by atoms with van der Waals surface area (Å²) in [5, 5.41) is 4.84. The van der Waals surface area contributed by atoms with Crippen molar-refractivity contribution in [2.75, 3.05) is 13.1 Å². The van der Waals surface area contributed by atoms with Crippen LogP contribution >= 0.6 is 0 Å². The van der Waals surface area contributed by atoms with E-state index in [1.165, 1.54) is 0 Å². The molecule has 5 rings (SSSR count). The van der Waals surface area contributed by atoms with Crippen LogP contribution in [0, 0.1) is 5.92 Å². The SMILES string of the molecule is Cn1cc([C@@H]2CN(Cc3ccccc3)C[C@H]2C(=O)ON2C(=O)c3ccccc3C2=O)cn1. The van der Waals surface area contributed by atoms with E-state index in [9.17, 15) is 14.4 Å². The lowest BCUT2D eigenvalue weighted by atomic mass is 9.91. The molecule has 2 aliphatic rings. The summed E-state index contributed by atoms with van der Waals surface area (Å²) in [5.41, 5.74) is 2.55. The number of aromatic nitrogens is 2. The number of benzene rings is 2. The molecule has 0 saturated carbocycles. The number of imide groups is 1. The van der Waals surface area contributed by atoms with Crippen LogP contribution in [-0.2, 0) is 23.2 Å². The average molecular weight is 430 g/mol. The molecule has 0 spiro atoms. The van der Waals surface area contributed by atoms with Crippen molar-refractivity contribution in [2.45, 2.75) is 12.5 Å². The molecular formula is C24H22N4O4. The van der Waals surface area contributed by atoms with Crippen molar-refractivity contribution < 1.29 is 19.2 Å². The van der Waals surface area contributed by atoms with Crippen LogP contribution in [0.4, 0.5) is 0 Å². The third-order valence-corrected chi connectivity index (χ3v) is 6.04. The lowest BCUT2D eigenvalue weighted by Crippen LogP contribution is -2.36. The van der Waals surface area contributed by atoms with Gasteiger partial charge in [-0.1, -0.05) is 47.5 Å². The molecule has 2 atom stereocenters. The molecule has 3 heterocycles. The molecule has 8 heteroatoms. The fourth-order valence-electron chi connectivity index (χ4n) is 4.47. The Hall–Kier alpha value is -3.78. The number of nitrogens with zero attached hydrogens (tertiary/aromatic N) is 4. The second-order valence-corrected chi connectivity index (χ2v) is 8.20. The summed E-state index contributed by atoms with van der Waals surface area (Å²) in [6.07, 6.45) is 3.64. The highest BCUT2D eigenvalue weighted by Gasteiger charge is 2.44. The van der Waals surface area contributed by atoms with E-state index in [2.05, 4.69) is 10.00 Å². The van der Waals surface area contributed by atoms with E-state index in [1.807, 2.05) is 43.6 Å². The number of rotatable bonds is 5. The number of aryl methyl sites for hydroxylation is 1. The Morgan fingerprint density at radius 3 is 2.28 bits per heavy atom. The van der Waals surface area contributed by atoms with Gasteiger partial charge in [0.2, 0.25) is 0 Å². The minimum atomic E-state index is -0.615. The standard InChI is InChI=1S/C24H22N4O4/c1-26-13-17(11-25-26)20-14-27(12-16-7-3-2-4-8-16)15-21(20)24(31)32-28-22(29)18-9-5-6-10-19(18)23(28)30/h2-11,13,20-21H,12,14-15H2,1H3/t20-,21+/m0/s1. The van der Waals surface area contributed by atoms with Crippen LogP contribution < -0.4 is 0 Å². The van der Waals surface area contributed by atoms with Crippen molar-refractivity contribution in [3.05, 3.63) is 89.2 Å². The molecule has 0 unspecified atom stereocenters. The Labute approximate surface area is 184 Å². The molecule has 0 N–H and O–H groups in total. The number of hydrogen-bond acceptors (Lipinski definition) is 6. The summed E-state index contributed by atoms with van der Waals surface area (Å²) in [6.45, 7) is 1.79. The molecular weight excluding hydrogens is 408 g/mol. The third-order valence-electron chi connectivity index (χ3n) is 6.04. The molecule has 1 saturated heterocycles. The van der Waals surface area contributed by atoms with Gasteiger partial charge in [0.1, 0.15) is 0 Å². The zero-order chi connectivity index (χ0) is 22.2. The molecule has 2 aliphatic heterocycles. The highest BCUT2D eigenvalue weighted by atomic mass is 16.7. The van der Waals surface area contributed by atoms with E-state index < -0.39 is 23.7 Å². The molecule has 0 bridgehead atoms. The number of carbonyl (C=O) groups excluding carboxylic acids is 3. The van der Waals surface area contributed by atoms with Crippen molar-refractivity contribution in [3.63, 3.8) is 0 Å². The summed E-state index contributed by atoms with van der Waals surface area (Å²) in [4.78, 5) is 46.0. The first kappa shape index (κ1) is 20.1. The van der Waals surface area contributed by atoms with Gasteiger partial charge in [0, 0.05) is 38.8 Å². The fraction of sp³-hybridized carbons (Fsp3) is 0.250. The summed E-state index contributed by atoms with van der Waals surface area (Å²) in [7, 11) is 1.83. The highest BCUT2D eigenvalue weighted by molar-refractivity contribution is 6.20. The van der Waals surface area contributed by atoms with E-state index >= 15 is 0 Å². The topological polar surface area (TPSA) is 84.7 Å². The number of hydrogen-bond donors (Lipinski definition) is 0. The van der Waals surface area contributed by atoms with Crippen molar-refractivity contribution in [2.24, 2.45) is 13.0 Å². The van der Waals surface area contributed by atoms with Crippen LogP contribution in [0.3, 0.4) is 0 Å². The highest BCUT2D eigenvalue weighted by Crippen LogP contribution is 2.35. The van der Waals surface area contributed by atoms with Crippen LogP contribution in [0.1, 0.15) is 37.8 Å². The van der Waals surface area contributed by atoms with E-state index in [0.29, 0.717) is 24.7 Å². The van der Waals surface area contributed by atoms with Crippen LogP contribution in [0.25, 0.3) is 0 Å². The molecule has 2 amide bonds. The van der Waals surface area contributed by atoms with Gasteiger partial charge in [-0.15, -0.1) is 0 Å². The zero-order valence-corrected chi connectivity index (χ0v) is 17.5.